The van der Waals surface area contributed by atoms with Crippen LogP contribution in [-0.4, -0.2) is 20.8 Å². The van der Waals surface area contributed by atoms with Crippen LogP contribution in [0.4, 0.5) is 0 Å². The number of hydrogen-bond donors (Lipinski definition) is 1. The van der Waals surface area contributed by atoms with E-state index in [9.17, 15) is 0 Å². The lowest BCUT2D eigenvalue weighted by molar-refractivity contribution is 0.414. The Morgan fingerprint density at radius 2 is 1.24 bits per heavy atom. The molecule has 21 heavy (non-hydrogen) atoms. The Kier molecular flexibility index (Phi) is 7.65. The molecule has 0 aliphatic rings. The molecule has 0 aliphatic carbocycles. The highest BCUT2D eigenvalue weighted by Gasteiger charge is 1.96. The molecule has 2 aromatic rings. The third kappa shape index (κ3) is 5.66. The molecule has 0 amide bonds. The molecule has 0 atom stereocenters. The molecule has 0 bridgehead atoms. The van der Waals surface area contributed by atoms with Crippen LogP contribution in [0.5, 0.6) is 11.5 Å². The second-order valence-electron chi connectivity index (χ2n) is 4.62. The van der Waals surface area contributed by atoms with Gasteiger partial charge in [0.1, 0.15) is 11.5 Å². The van der Waals surface area contributed by atoms with E-state index >= 15 is 0 Å². The molecule has 1 N–H and O–H groups in total. The smallest absolute Gasteiger partial charge is 0.118 e. The normalized spacial score (nSPS) is 9.81. The van der Waals surface area contributed by atoms with E-state index in [4.69, 9.17) is 9.47 Å². The average molecular weight is 308 g/mol. The van der Waals surface area contributed by atoms with Crippen molar-refractivity contribution in [3.8, 4) is 11.5 Å². The minimum absolute atomic E-state index is 0. The van der Waals surface area contributed by atoms with Gasteiger partial charge in [0.25, 0.3) is 0 Å². The summed E-state index contributed by atoms with van der Waals surface area (Å²) in [5.74, 6) is 1.80. The van der Waals surface area contributed by atoms with Gasteiger partial charge in [0.15, 0.2) is 0 Å². The molecule has 0 aliphatic heterocycles. The number of rotatable bonds is 7. The van der Waals surface area contributed by atoms with E-state index < -0.39 is 0 Å². The van der Waals surface area contributed by atoms with Gasteiger partial charge in [-0.05, 0) is 48.4 Å². The van der Waals surface area contributed by atoms with Crippen molar-refractivity contribution < 1.29 is 9.47 Å². The molecule has 2 aromatic carbocycles. The summed E-state index contributed by atoms with van der Waals surface area (Å²) in [4.78, 5) is 0. The lowest BCUT2D eigenvalue weighted by atomic mass is 10.1. The molecular formula is C17H22ClNO2. The van der Waals surface area contributed by atoms with Gasteiger partial charge in [0, 0.05) is 6.54 Å². The number of ether oxygens (including phenoxy) is 2. The SMILES string of the molecule is COc1ccc(CCNCc2ccc(OC)cc2)cc1.Cl. The maximum absolute atomic E-state index is 5.15. The minimum Gasteiger partial charge on any atom is -0.497 e. The van der Waals surface area contributed by atoms with Crippen LogP contribution in [0.1, 0.15) is 11.1 Å². The lowest BCUT2D eigenvalue weighted by Gasteiger charge is -2.07. The molecule has 0 radical (unpaired) electrons. The maximum Gasteiger partial charge on any atom is 0.118 e. The van der Waals surface area contributed by atoms with Crippen molar-refractivity contribution in [2.24, 2.45) is 0 Å². The molecule has 0 fully saturated rings. The van der Waals surface area contributed by atoms with E-state index in [2.05, 4.69) is 29.6 Å². The summed E-state index contributed by atoms with van der Waals surface area (Å²) in [6, 6.07) is 16.3. The molecule has 4 heteroatoms. The summed E-state index contributed by atoms with van der Waals surface area (Å²) in [6.07, 6.45) is 1.01. The van der Waals surface area contributed by atoms with E-state index in [1.807, 2.05) is 24.3 Å². The Morgan fingerprint density at radius 3 is 1.71 bits per heavy atom. The lowest BCUT2D eigenvalue weighted by Crippen LogP contribution is -2.16. The zero-order valence-corrected chi connectivity index (χ0v) is 13.3. The minimum atomic E-state index is 0. The van der Waals surface area contributed by atoms with Crippen molar-refractivity contribution in [1.29, 1.82) is 0 Å². The molecule has 0 saturated carbocycles. The molecule has 0 unspecified atom stereocenters. The summed E-state index contributed by atoms with van der Waals surface area (Å²) in [6.45, 7) is 1.83. The van der Waals surface area contributed by atoms with Crippen LogP contribution >= 0.6 is 12.4 Å². The topological polar surface area (TPSA) is 30.5 Å². The Labute approximate surface area is 132 Å². The van der Waals surface area contributed by atoms with Gasteiger partial charge >= 0.3 is 0 Å². The van der Waals surface area contributed by atoms with Crippen LogP contribution in [-0.2, 0) is 13.0 Å². The zero-order chi connectivity index (χ0) is 14.2. The number of hydrogen-bond acceptors (Lipinski definition) is 3. The predicted molar refractivity (Wildman–Crippen MR) is 88.6 cm³/mol. The third-order valence-corrected chi connectivity index (χ3v) is 3.24. The quantitative estimate of drug-likeness (QED) is 0.795. The number of halogens is 1. The largest absolute Gasteiger partial charge is 0.497 e. The summed E-state index contributed by atoms with van der Waals surface area (Å²) in [5.41, 5.74) is 2.58. The van der Waals surface area contributed by atoms with Crippen LogP contribution in [0.25, 0.3) is 0 Å². The van der Waals surface area contributed by atoms with Crippen LogP contribution in [0.2, 0.25) is 0 Å². The molecule has 2 rings (SSSR count). The first kappa shape index (κ1) is 17.3. The number of methoxy groups -OCH3 is 2. The first-order chi connectivity index (χ1) is 9.81. The molecule has 0 heterocycles. The second-order valence-corrected chi connectivity index (χ2v) is 4.62. The Hall–Kier alpha value is -1.71. The van der Waals surface area contributed by atoms with Crippen LogP contribution < -0.4 is 14.8 Å². The van der Waals surface area contributed by atoms with Gasteiger partial charge in [-0.2, -0.15) is 0 Å². The molecule has 114 valence electrons. The molecular weight excluding hydrogens is 286 g/mol. The van der Waals surface area contributed by atoms with E-state index in [-0.39, 0.29) is 12.4 Å². The van der Waals surface area contributed by atoms with Gasteiger partial charge in [-0.1, -0.05) is 24.3 Å². The predicted octanol–water partition coefficient (Wildman–Crippen LogP) is 3.46. The van der Waals surface area contributed by atoms with Gasteiger partial charge in [-0.25, -0.2) is 0 Å². The summed E-state index contributed by atoms with van der Waals surface area (Å²) >= 11 is 0. The molecule has 0 spiro atoms. The monoisotopic (exact) mass is 307 g/mol. The van der Waals surface area contributed by atoms with E-state index in [1.54, 1.807) is 14.2 Å². The number of nitrogens with one attached hydrogen (secondary N) is 1. The fourth-order valence-electron chi connectivity index (χ4n) is 2.00. The summed E-state index contributed by atoms with van der Waals surface area (Å²) in [7, 11) is 3.37. The highest BCUT2D eigenvalue weighted by atomic mass is 35.5. The highest BCUT2D eigenvalue weighted by Crippen LogP contribution is 2.12. The van der Waals surface area contributed by atoms with Crippen molar-refractivity contribution in [2.45, 2.75) is 13.0 Å². The van der Waals surface area contributed by atoms with Crippen LogP contribution in [0.15, 0.2) is 48.5 Å². The zero-order valence-electron chi connectivity index (χ0n) is 12.5. The van der Waals surface area contributed by atoms with E-state index in [0.717, 1.165) is 31.0 Å². The highest BCUT2D eigenvalue weighted by molar-refractivity contribution is 5.85. The van der Waals surface area contributed by atoms with E-state index in [0.29, 0.717) is 0 Å². The van der Waals surface area contributed by atoms with Gasteiger partial charge in [0.2, 0.25) is 0 Å². The maximum atomic E-state index is 5.15. The van der Waals surface area contributed by atoms with Crippen molar-refractivity contribution in [2.75, 3.05) is 20.8 Å². The fraction of sp³-hybridized carbons (Fsp3) is 0.294. The first-order valence-corrected chi connectivity index (χ1v) is 6.78. The second kappa shape index (κ2) is 9.27. The third-order valence-electron chi connectivity index (χ3n) is 3.24. The van der Waals surface area contributed by atoms with Crippen molar-refractivity contribution >= 4 is 12.4 Å². The van der Waals surface area contributed by atoms with Crippen LogP contribution in [0.3, 0.4) is 0 Å². The number of benzene rings is 2. The van der Waals surface area contributed by atoms with Gasteiger partial charge in [0.05, 0.1) is 14.2 Å². The summed E-state index contributed by atoms with van der Waals surface area (Å²) in [5, 5.41) is 3.44. The Balaban J connectivity index is 0.00000220. The van der Waals surface area contributed by atoms with Gasteiger partial charge < -0.3 is 14.8 Å². The first-order valence-electron chi connectivity index (χ1n) is 6.78. The summed E-state index contributed by atoms with van der Waals surface area (Å²) < 4.78 is 10.3. The molecule has 0 saturated heterocycles. The standard InChI is InChI=1S/C17H21NO2.ClH/c1-19-16-7-3-14(4-8-16)11-12-18-13-15-5-9-17(20-2)10-6-15;/h3-10,18H,11-13H2,1-2H3;1H. The molecule has 0 aromatic heterocycles. The fourth-order valence-corrected chi connectivity index (χ4v) is 2.00. The Morgan fingerprint density at radius 1 is 0.762 bits per heavy atom. The Bertz CT molecular complexity index is 462. The van der Waals surface area contributed by atoms with Crippen molar-refractivity contribution in [1.82, 2.24) is 5.32 Å². The average Bonchev–Trinajstić information content (AvgIpc) is 2.53. The van der Waals surface area contributed by atoms with Gasteiger partial charge in [-0.15, -0.1) is 12.4 Å². The van der Waals surface area contributed by atoms with E-state index in [1.165, 1.54) is 11.1 Å². The van der Waals surface area contributed by atoms with Crippen LogP contribution in [0, 0.1) is 0 Å². The van der Waals surface area contributed by atoms with Crippen molar-refractivity contribution in [3.05, 3.63) is 59.7 Å². The molecule has 3 nitrogen and oxygen atoms in total. The van der Waals surface area contributed by atoms with Crippen molar-refractivity contribution in [3.63, 3.8) is 0 Å². The van der Waals surface area contributed by atoms with Gasteiger partial charge in [-0.3, -0.25) is 0 Å².